The minimum absolute atomic E-state index is 0.223. The number of rotatable bonds is 4. The van der Waals surface area contributed by atoms with Crippen LogP contribution in [0.1, 0.15) is 27.9 Å². The van der Waals surface area contributed by atoms with Crippen LogP contribution in [0.4, 0.5) is 5.69 Å². The molecule has 0 aliphatic carbocycles. The number of ketones is 1. The first kappa shape index (κ1) is 12.0. The number of aryl methyl sites for hydroxylation is 1. The van der Waals surface area contributed by atoms with Gasteiger partial charge in [-0.2, -0.15) is 0 Å². The Morgan fingerprint density at radius 2 is 1.95 bits per heavy atom. The van der Waals surface area contributed by atoms with Gasteiger partial charge in [-0.1, -0.05) is 42.5 Å². The Balaban J connectivity index is 1.67. The fourth-order valence-corrected chi connectivity index (χ4v) is 2.51. The van der Waals surface area contributed by atoms with Gasteiger partial charge in [-0.05, 0) is 30.0 Å². The van der Waals surface area contributed by atoms with Crippen molar-refractivity contribution < 1.29 is 4.79 Å². The molecule has 1 N–H and O–H groups in total. The molecule has 1 aliphatic rings. The number of fused-ring (bicyclic) bond motifs is 1. The first-order valence-electron chi connectivity index (χ1n) is 6.77. The third-order valence-corrected chi connectivity index (χ3v) is 3.63. The zero-order valence-electron chi connectivity index (χ0n) is 10.9. The summed E-state index contributed by atoms with van der Waals surface area (Å²) in [5.41, 5.74) is 4.49. The van der Waals surface area contributed by atoms with Gasteiger partial charge >= 0.3 is 0 Å². The van der Waals surface area contributed by atoms with Gasteiger partial charge in [-0.25, -0.2) is 0 Å². The molecular weight excluding hydrogens is 234 g/mol. The summed E-state index contributed by atoms with van der Waals surface area (Å²) < 4.78 is 0. The van der Waals surface area contributed by atoms with Gasteiger partial charge in [0.15, 0.2) is 5.78 Å². The van der Waals surface area contributed by atoms with Crippen molar-refractivity contribution in [1.82, 2.24) is 0 Å². The van der Waals surface area contributed by atoms with Crippen molar-refractivity contribution in [3.05, 3.63) is 65.2 Å². The Kier molecular flexibility index (Phi) is 3.32. The lowest BCUT2D eigenvalue weighted by atomic mass is 10.0. The Labute approximate surface area is 113 Å². The van der Waals surface area contributed by atoms with Gasteiger partial charge in [0, 0.05) is 24.2 Å². The molecule has 0 spiro atoms. The van der Waals surface area contributed by atoms with E-state index < -0.39 is 0 Å². The van der Waals surface area contributed by atoms with Crippen molar-refractivity contribution in [2.75, 3.05) is 11.9 Å². The van der Waals surface area contributed by atoms with Crippen molar-refractivity contribution in [2.45, 2.75) is 19.3 Å². The molecule has 1 aliphatic heterocycles. The summed E-state index contributed by atoms with van der Waals surface area (Å²) in [4.78, 5) is 12.2. The van der Waals surface area contributed by atoms with E-state index in [1.54, 1.807) is 0 Å². The number of hydrogen-bond acceptors (Lipinski definition) is 2. The van der Waals surface area contributed by atoms with Crippen molar-refractivity contribution in [1.29, 1.82) is 0 Å². The molecule has 0 atom stereocenters. The number of anilines is 1. The lowest BCUT2D eigenvalue weighted by molar-refractivity contribution is 0.0983. The largest absolute Gasteiger partial charge is 0.384 e. The minimum atomic E-state index is 0.223. The molecule has 0 amide bonds. The summed E-state index contributed by atoms with van der Waals surface area (Å²) in [6.07, 6.45) is 2.45. The second-order valence-corrected chi connectivity index (χ2v) is 4.96. The van der Waals surface area contributed by atoms with Crippen LogP contribution >= 0.6 is 0 Å². The smallest absolute Gasteiger partial charge is 0.163 e. The first-order chi connectivity index (χ1) is 9.33. The maximum absolute atomic E-state index is 12.2. The van der Waals surface area contributed by atoms with Crippen LogP contribution in [0.2, 0.25) is 0 Å². The van der Waals surface area contributed by atoms with E-state index in [1.807, 2.05) is 30.3 Å². The summed E-state index contributed by atoms with van der Waals surface area (Å²) in [5.74, 6) is 0.223. The van der Waals surface area contributed by atoms with Crippen LogP contribution in [0, 0.1) is 0 Å². The Hall–Kier alpha value is -2.09. The highest BCUT2D eigenvalue weighted by atomic mass is 16.1. The van der Waals surface area contributed by atoms with Crippen LogP contribution in [0.3, 0.4) is 0 Å². The van der Waals surface area contributed by atoms with Crippen molar-refractivity contribution >= 4 is 11.5 Å². The van der Waals surface area contributed by atoms with E-state index in [1.165, 1.54) is 11.1 Å². The molecule has 0 saturated heterocycles. The lowest BCUT2D eigenvalue weighted by Crippen LogP contribution is -2.02. The molecule has 2 nitrogen and oxygen atoms in total. The summed E-state index contributed by atoms with van der Waals surface area (Å²) in [7, 11) is 0. The van der Waals surface area contributed by atoms with E-state index in [4.69, 9.17) is 0 Å². The molecule has 3 rings (SSSR count). The number of nitrogens with one attached hydrogen (secondary N) is 1. The molecule has 0 bridgehead atoms. The standard InChI is InChI=1S/C17H17NO/c19-17(9-6-13-4-2-1-3-5-13)15-8-7-14-10-11-18-16(14)12-15/h1-5,7-8,12,18H,6,9-11H2. The van der Waals surface area contributed by atoms with E-state index in [0.29, 0.717) is 6.42 Å². The van der Waals surface area contributed by atoms with E-state index in [2.05, 4.69) is 23.5 Å². The Bertz CT molecular complexity index is 589. The third-order valence-electron chi connectivity index (χ3n) is 3.63. The highest BCUT2D eigenvalue weighted by Crippen LogP contribution is 2.24. The highest BCUT2D eigenvalue weighted by Gasteiger charge is 2.13. The number of carbonyl (C=O) groups is 1. The maximum Gasteiger partial charge on any atom is 0.163 e. The van der Waals surface area contributed by atoms with E-state index in [-0.39, 0.29) is 5.78 Å². The molecule has 19 heavy (non-hydrogen) atoms. The second-order valence-electron chi connectivity index (χ2n) is 4.96. The van der Waals surface area contributed by atoms with E-state index in [9.17, 15) is 4.79 Å². The van der Waals surface area contributed by atoms with Crippen LogP contribution in [0.5, 0.6) is 0 Å². The van der Waals surface area contributed by atoms with Crippen LogP contribution < -0.4 is 5.32 Å². The van der Waals surface area contributed by atoms with Gasteiger partial charge in [0.1, 0.15) is 0 Å². The molecule has 0 saturated carbocycles. The van der Waals surface area contributed by atoms with Crippen LogP contribution in [-0.4, -0.2) is 12.3 Å². The van der Waals surface area contributed by atoms with Crippen molar-refractivity contribution in [3.8, 4) is 0 Å². The molecule has 2 aromatic carbocycles. The average molecular weight is 251 g/mol. The summed E-state index contributed by atoms with van der Waals surface area (Å²) in [6, 6.07) is 16.2. The molecule has 1 heterocycles. The first-order valence-corrected chi connectivity index (χ1v) is 6.77. The van der Waals surface area contributed by atoms with Crippen LogP contribution in [0.15, 0.2) is 48.5 Å². The van der Waals surface area contributed by atoms with Gasteiger partial charge in [-0.3, -0.25) is 4.79 Å². The topological polar surface area (TPSA) is 29.1 Å². The van der Waals surface area contributed by atoms with Gasteiger partial charge in [-0.15, -0.1) is 0 Å². The molecule has 2 aromatic rings. The predicted octanol–water partition coefficient (Wildman–Crippen LogP) is 3.47. The van der Waals surface area contributed by atoms with Crippen molar-refractivity contribution in [2.24, 2.45) is 0 Å². The number of Topliss-reactive ketones (excluding diaryl/α,β-unsaturated/α-hetero) is 1. The molecular formula is C17H17NO. The molecule has 2 heteroatoms. The van der Waals surface area contributed by atoms with E-state index in [0.717, 1.165) is 30.6 Å². The van der Waals surface area contributed by atoms with Gasteiger partial charge in [0.25, 0.3) is 0 Å². The SMILES string of the molecule is O=C(CCc1ccccc1)c1ccc2c(c1)NCC2. The van der Waals surface area contributed by atoms with Crippen molar-refractivity contribution in [3.63, 3.8) is 0 Å². The molecule has 0 fully saturated rings. The highest BCUT2D eigenvalue weighted by molar-refractivity contribution is 5.97. The molecule has 0 aromatic heterocycles. The predicted molar refractivity (Wildman–Crippen MR) is 77.7 cm³/mol. The van der Waals surface area contributed by atoms with Crippen LogP contribution in [-0.2, 0) is 12.8 Å². The Morgan fingerprint density at radius 3 is 2.79 bits per heavy atom. The second kappa shape index (κ2) is 5.27. The number of benzene rings is 2. The summed E-state index contributed by atoms with van der Waals surface area (Å²) in [5, 5.41) is 3.32. The monoisotopic (exact) mass is 251 g/mol. The third kappa shape index (κ3) is 2.68. The normalized spacial score (nSPS) is 12.8. The zero-order chi connectivity index (χ0) is 13.1. The van der Waals surface area contributed by atoms with Gasteiger partial charge in [0.05, 0.1) is 0 Å². The average Bonchev–Trinajstić information content (AvgIpc) is 2.93. The quantitative estimate of drug-likeness (QED) is 0.843. The van der Waals surface area contributed by atoms with Gasteiger partial charge < -0.3 is 5.32 Å². The zero-order valence-corrected chi connectivity index (χ0v) is 10.9. The lowest BCUT2D eigenvalue weighted by Gasteiger charge is -2.05. The van der Waals surface area contributed by atoms with Gasteiger partial charge in [0.2, 0.25) is 0 Å². The number of hydrogen-bond donors (Lipinski definition) is 1. The maximum atomic E-state index is 12.2. The number of carbonyl (C=O) groups excluding carboxylic acids is 1. The fraction of sp³-hybridized carbons (Fsp3) is 0.235. The minimum Gasteiger partial charge on any atom is -0.384 e. The molecule has 0 radical (unpaired) electrons. The van der Waals surface area contributed by atoms with Crippen LogP contribution in [0.25, 0.3) is 0 Å². The molecule has 0 unspecified atom stereocenters. The van der Waals surface area contributed by atoms with E-state index >= 15 is 0 Å². The summed E-state index contributed by atoms with van der Waals surface area (Å²) >= 11 is 0. The summed E-state index contributed by atoms with van der Waals surface area (Å²) in [6.45, 7) is 0.983. The molecule has 96 valence electrons. The Morgan fingerprint density at radius 1 is 1.11 bits per heavy atom. The fourth-order valence-electron chi connectivity index (χ4n) is 2.51.